The SMILES string of the molecule is CCCS(=O)(=O)C1C(C)CC(C)CC1N. The molecule has 1 fully saturated rings. The third-order valence-electron chi connectivity index (χ3n) is 3.33. The van der Waals surface area contributed by atoms with E-state index in [9.17, 15) is 8.42 Å². The van der Waals surface area contributed by atoms with Crippen LogP contribution in [0.15, 0.2) is 0 Å². The van der Waals surface area contributed by atoms with Gasteiger partial charge in [-0.15, -0.1) is 0 Å². The summed E-state index contributed by atoms with van der Waals surface area (Å²) in [4.78, 5) is 0. The molecule has 0 amide bonds. The van der Waals surface area contributed by atoms with E-state index in [1.54, 1.807) is 0 Å². The molecular weight excluding hydrogens is 210 g/mol. The average molecular weight is 233 g/mol. The molecule has 1 aliphatic rings. The number of sulfone groups is 1. The standard InChI is InChI=1S/C11H23NO2S/c1-4-5-15(13,14)11-9(3)6-8(2)7-10(11)12/h8-11H,4-7,12H2,1-3H3. The van der Waals surface area contributed by atoms with E-state index in [4.69, 9.17) is 5.73 Å². The van der Waals surface area contributed by atoms with Crippen LogP contribution in [-0.4, -0.2) is 25.5 Å². The van der Waals surface area contributed by atoms with Crippen molar-refractivity contribution in [2.45, 2.75) is 51.3 Å². The van der Waals surface area contributed by atoms with Crippen LogP contribution in [0.1, 0.15) is 40.0 Å². The maximum atomic E-state index is 12.0. The van der Waals surface area contributed by atoms with Crippen LogP contribution >= 0.6 is 0 Å². The van der Waals surface area contributed by atoms with Crippen molar-refractivity contribution >= 4 is 9.84 Å². The molecule has 1 rings (SSSR count). The number of rotatable bonds is 3. The molecule has 0 aromatic rings. The lowest BCUT2D eigenvalue weighted by Crippen LogP contribution is -2.49. The summed E-state index contributed by atoms with van der Waals surface area (Å²) in [5, 5.41) is -0.311. The number of hydrogen-bond donors (Lipinski definition) is 1. The zero-order valence-electron chi connectivity index (χ0n) is 9.94. The quantitative estimate of drug-likeness (QED) is 0.805. The molecule has 0 aromatic carbocycles. The summed E-state index contributed by atoms with van der Waals surface area (Å²) in [5.41, 5.74) is 6.00. The van der Waals surface area contributed by atoms with Crippen LogP contribution in [-0.2, 0) is 9.84 Å². The van der Waals surface area contributed by atoms with Gasteiger partial charge in [0.15, 0.2) is 9.84 Å². The molecule has 0 radical (unpaired) electrons. The molecule has 0 spiro atoms. The second-order valence-electron chi connectivity index (χ2n) is 5.05. The average Bonchev–Trinajstić information content (AvgIpc) is 1.99. The maximum absolute atomic E-state index is 12.0. The third-order valence-corrected chi connectivity index (χ3v) is 5.96. The van der Waals surface area contributed by atoms with Gasteiger partial charge in [0.05, 0.1) is 11.0 Å². The van der Waals surface area contributed by atoms with E-state index in [2.05, 4.69) is 6.92 Å². The van der Waals surface area contributed by atoms with E-state index >= 15 is 0 Å². The van der Waals surface area contributed by atoms with Crippen molar-refractivity contribution in [1.29, 1.82) is 0 Å². The van der Waals surface area contributed by atoms with Gasteiger partial charge >= 0.3 is 0 Å². The molecule has 3 nitrogen and oxygen atoms in total. The Morgan fingerprint density at radius 3 is 2.33 bits per heavy atom. The minimum Gasteiger partial charge on any atom is -0.327 e. The minimum absolute atomic E-state index is 0.166. The molecule has 0 bridgehead atoms. The van der Waals surface area contributed by atoms with E-state index in [-0.39, 0.29) is 23.0 Å². The van der Waals surface area contributed by atoms with E-state index in [1.165, 1.54) is 0 Å². The Morgan fingerprint density at radius 1 is 1.27 bits per heavy atom. The molecule has 1 saturated carbocycles. The fourth-order valence-corrected chi connectivity index (χ4v) is 5.23. The van der Waals surface area contributed by atoms with Crippen molar-refractivity contribution in [3.63, 3.8) is 0 Å². The Hall–Kier alpha value is -0.0900. The first-order valence-corrected chi connectivity index (χ1v) is 7.57. The Kier molecular flexibility index (Phi) is 4.18. The number of nitrogens with two attached hydrogens (primary N) is 1. The summed E-state index contributed by atoms with van der Waals surface area (Å²) in [6.45, 7) is 6.08. The van der Waals surface area contributed by atoms with Crippen LogP contribution in [0.4, 0.5) is 0 Å². The van der Waals surface area contributed by atoms with Crippen molar-refractivity contribution in [2.75, 3.05) is 5.75 Å². The van der Waals surface area contributed by atoms with E-state index in [0.29, 0.717) is 12.3 Å². The third kappa shape index (κ3) is 2.94. The molecule has 15 heavy (non-hydrogen) atoms. The predicted molar refractivity (Wildman–Crippen MR) is 63.4 cm³/mol. The number of hydrogen-bond acceptors (Lipinski definition) is 3. The summed E-state index contributed by atoms with van der Waals surface area (Å²) in [6.07, 6.45) is 2.52. The highest BCUT2D eigenvalue weighted by Gasteiger charge is 2.39. The zero-order chi connectivity index (χ0) is 11.6. The smallest absolute Gasteiger partial charge is 0.154 e. The second-order valence-corrected chi connectivity index (χ2v) is 7.33. The highest BCUT2D eigenvalue weighted by Crippen LogP contribution is 2.32. The van der Waals surface area contributed by atoms with Crippen LogP contribution in [0.25, 0.3) is 0 Å². The van der Waals surface area contributed by atoms with E-state index in [1.807, 2.05) is 13.8 Å². The maximum Gasteiger partial charge on any atom is 0.154 e. The molecule has 4 atom stereocenters. The first-order chi connectivity index (χ1) is 6.88. The normalized spacial score (nSPS) is 37.9. The molecule has 0 heterocycles. The first kappa shape index (κ1) is 13.0. The Balaban J connectivity index is 2.84. The lowest BCUT2D eigenvalue weighted by Gasteiger charge is -2.37. The Bertz CT molecular complexity index is 288. The molecule has 2 N–H and O–H groups in total. The molecule has 90 valence electrons. The van der Waals surface area contributed by atoms with Gasteiger partial charge in [-0.2, -0.15) is 0 Å². The van der Waals surface area contributed by atoms with Crippen molar-refractivity contribution < 1.29 is 8.42 Å². The van der Waals surface area contributed by atoms with Crippen molar-refractivity contribution in [1.82, 2.24) is 0 Å². The summed E-state index contributed by atoms with van der Waals surface area (Å²) in [5.74, 6) is 1.05. The van der Waals surface area contributed by atoms with Gasteiger partial charge in [-0.05, 0) is 31.1 Å². The summed E-state index contributed by atoms with van der Waals surface area (Å²) < 4.78 is 24.1. The molecule has 0 saturated heterocycles. The molecule has 4 heteroatoms. The van der Waals surface area contributed by atoms with Gasteiger partial charge in [0.1, 0.15) is 0 Å². The highest BCUT2D eigenvalue weighted by molar-refractivity contribution is 7.92. The lowest BCUT2D eigenvalue weighted by atomic mass is 9.80. The topological polar surface area (TPSA) is 60.2 Å². The minimum atomic E-state index is -2.98. The van der Waals surface area contributed by atoms with Gasteiger partial charge < -0.3 is 5.73 Å². The second kappa shape index (κ2) is 4.83. The fourth-order valence-electron chi connectivity index (χ4n) is 2.93. The van der Waals surface area contributed by atoms with Crippen LogP contribution in [0, 0.1) is 11.8 Å². The van der Waals surface area contributed by atoms with Gasteiger partial charge in [0.2, 0.25) is 0 Å². The van der Waals surface area contributed by atoms with Gasteiger partial charge in [-0.1, -0.05) is 20.8 Å². The van der Waals surface area contributed by atoms with Crippen molar-refractivity contribution in [3.05, 3.63) is 0 Å². The van der Waals surface area contributed by atoms with Crippen LogP contribution in [0.2, 0.25) is 0 Å². The summed E-state index contributed by atoms with van der Waals surface area (Å²) in [7, 11) is -2.98. The van der Waals surface area contributed by atoms with Crippen LogP contribution in [0.5, 0.6) is 0 Å². The van der Waals surface area contributed by atoms with Gasteiger partial charge in [0.25, 0.3) is 0 Å². The lowest BCUT2D eigenvalue weighted by molar-refractivity contribution is 0.271. The molecule has 1 aliphatic carbocycles. The Morgan fingerprint density at radius 2 is 1.87 bits per heavy atom. The first-order valence-electron chi connectivity index (χ1n) is 5.85. The summed E-state index contributed by atoms with van der Waals surface area (Å²) >= 11 is 0. The van der Waals surface area contributed by atoms with Crippen molar-refractivity contribution in [3.8, 4) is 0 Å². The molecular formula is C11H23NO2S. The zero-order valence-corrected chi connectivity index (χ0v) is 10.8. The monoisotopic (exact) mass is 233 g/mol. The van der Waals surface area contributed by atoms with Gasteiger partial charge in [-0.25, -0.2) is 8.42 Å². The van der Waals surface area contributed by atoms with Gasteiger partial charge in [0, 0.05) is 6.04 Å². The fraction of sp³-hybridized carbons (Fsp3) is 1.00. The molecule has 0 aliphatic heterocycles. The largest absolute Gasteiger partial charge is 0.327 e. The molecule has 0 aromatic heterocycles. The van der Waals surface area contributed by atoms with Crippen LogP contribution < -0.4 is 5.73 Å². The predicted octanol–water partition coefficient (Wildman–Crippen LogP) is 1.57. The Labute approximate surface area is 93.3 Å². The van der Waals surface area contributed by atoms with Crippen molar-refractivity contribution in [2.24, 2.45) is 17.6 Å². The molecule has 4 unspecified atom stereocenters. The van der Waals surface area contributed by atoms with E-state index in [0.717, 1.165) is 12.8 Å². The summed E-state index contributed by atoms with van der Waals surface area (Å²) in [6, 6.07) is -0.166. The highest BCUT2D eigenvalue weighted by atomic mass is 32.2. The van der Waals surface area contributed by atoms with Gasteiger partial charge in [-0.3, -0.25) is 0 Å². The van der Waals surface area contributed by atoms with Crippen LogP contribution in [0.3, 0.4) is 0 Å². The van der Waals surface area contributed by atoms with E-state index < -0.39 is 9.84 Å².